The fourth-order valence-electron chi connectivity index (χ4n) is 5.09. The van der Waals surface area contributed by atoms with Crippen molar-refractivity contribution in [1.82, 2.24) is 5.32 Å². The highest BCUT2D eigenvalue weighted by Gasteiger charge is 2.44. The maximum atomic E-state index is 10.6. The molecule has 0 saturated heterocycles. The maximum Gasteiger partial charge on any atom is 0.110 e. The molecule has 0 aliphatic heterocycles. The van der Waals surface area contributed by atoms with Crippen LogP contribution in [0.2, 0.25) is 0 Å². The Morgan fingerprint density at radius 3 is 1.93 bits per heavy atom. The lowest BCUT2D eigenvalue weighted by molar-refractivity contribution is 0.235. The van der Waals surface area contributed by atoms with E-state index in [4.69, 9.17) is 0 Å². The molecular weight excluding hydrogens is 364 g/mol. The van der Waals surface area contributed by atoms with Crippen LogP contribution < -0.4 is 5.32 Å². The first kappa shape index (κ1) is 20.4. The van der Waals surface area contributed by atoms with Crippen LogP contribution in [0, 0.1) is 17.2 Å². The lowest BCUT2D eigenvalue weighted by atomic mass is 9.61. The third kappa shape index (κ3) is 4.32. The van der Waals surface area contributed by atoms with Gasteiger partial charge >= 0.3 is 0 Å². The highest BCUT2D eigenvalue weighted by molar-refractivity contribution is 5.47. The van der Waals surface area contributed by atoms with E-state index in [0.29, 0.717) is 12.0 Å². The van der Waals surface area contributed by atoms with Crippen LogP contribution in [0.1, 0.15) is 42.4 Å². The fourth-order valence-corrected chi connectivity index (χ4v) is 5.09. The summed E-state index contributed by atoms with van der Waals surface area (Å²) in [4.78, 5) is 0. The predicted molar refractivity (Wildman–Crippen MR) is 123 cm³/mol. The van der Waals surface area contributed by atoms with Gasteiger partial charge in [-0.3, -0.25) is 0 Å². The molecule has 1 aliphatic rings. The Hall–Kier alpha value is -2.89. The molecule has 3 aromatic carbocycles. The molecule has 0 heterocycles. The summed E-state index contributed by atoms with van der Waals surface area (Å²) in [5.74, 6) is 0.301. The number of rotatable bonds is 7. The van der Waals surface area contributed by atoms with Gasteiger partial charge in [0.2, 0.25) is 0 Å². The maximum absolute atomic E-state index is 10.6. The van der Waals surface area contributed by atoms with Crippen molar-refractivity contribution in [2.75, 3.05) is 6.54 Å². The van der Waals surface area contributed by atoms with Crippen LogP contribution >= 0.6 is 0 Å². The van der Waals surface area contributed by atoms with E-state index < -0.39 is 5.41 Å². The highest BCUT2D eigenvalue weighted by atomic mass is 14.9. The van der Waals surface area contributed by atoms with Gasteiger partial charge < -0.3 is 5.32 Å². The lowest BCUT2D eigenvalue weighted by Gasteiger charge is -2.41. The largest absolute Gasteiger partial charge is 0.314 e. The van der Waals surface area contributed by atoms with E-state index in [0.717, 1.165) is 43.4 Å². The fraction of sp³-hybridized carbons (Fsp3) is 0.321. The SMILES string of the molecule is N#CC(c1ccccc1)(c1ccccc1)[C@H]1CCC[C@@H](NCCc2ccccc2)C1. The van der Waals surface area contributed by atoms with E-state index in [1.807, 2.05) is 12.1 Å². The topological polar surface area (TPSA) is 35.8 Å². The average Bonchev–Trinajstić information content (AvgIpc) is 2.82. The van der Waals surface area contributed by atoms with Gasteiger partial charge in [0.1, 0.15) is 5.41 Å². The van der Waals surface area contributed by atoms with E-state index in [9.17, 15) is 5.26 Å². The van der Waals surface area contributed by atoms with Gasteiger partial charge in [-0.15, -0.1) is 0 Å². The number of nitrogens with zero attached hydrogens (tertiary/aromatic N) is 1. The number of benzene rings is 3. The van der Waals surface area contributed by atoms with Crippen LogP contribution in [0.3, 0.4) is 0 Å². The minimum absolute atomic E-state index is 0.301. The normalized spacial score (nSPS) is 19.2. The Labute approximate surface area is 180 Å². The van der Waals surface area contributed by atoms with Crippen molar-refractivity contribution in [3.8, 4) is 6.07 Å². The van der Waals surface area contributed by atoms with Crippen molar-refractivity contribution in [3.05, 3.63) is 108 Å². The summed E-state index contributed by atoms with van der Waals surface area (Å²) in [6.45, 7) is 0.984. The van der Waals surface area contributed by atoms with E-state index in [1.165, 1.54) is 12.0 Å². The van der Waals surface area contributed by atoms with Crippen molar-refractivity contribution in [3.63, 3.8) is 0 Å². The minimum atomic E-state index is -0.595. The third-order valence-electron chi connectivity index (χ3n) is 6.61. The molecule has 2 nitrogen and oxygen atoms in total. The lowest BCUT2D eigenvalue weighted by Crippen LogP contribution is -2.43. The molecule has 4 rings (SSSR count). The van der Waals surface area contributed by atoms with Gasteiger partial charge in [0.25, 0.3) is 0 Å². The molecule has 1 saturated carbocycles. The minimum Gasteiger partial charge on any atom is -0.314 e. The number of hydrogen-bond acceptors (Lipinski definition) is 2. The predicted octanol–water partition coefficient (Wildman–Crippen LogP) is 5.89. The molecule has 0 bridgehead atoms. The zero-order chi connectivity index (χ0) is 20.7. The Morgan fingerprint density at radius 2 is 1.37 bits per heavy atom. The summed E-state index contributed by atoms with van der Waals surface area (Å²) in [7, 11) is 0. The van der Waals surface area contributed by atoms with Crippen LogP contribution in [0.15, 0.2) is 91.0 Å². The van der Waals surface area contributed by atoms with Gasteiger partial charge in [0.15, 0.2) is 0 Å². The summed E-state index contributed by atoms with van der Waals surface area (Å²) in [5.41, 5.74) is 3.02. The first-order valence-electron chi connectivity index (χ1n) is 11.1. The molecule has 1 fully saturated rings. The van der Waals surface area contributed by atoms with E-state index in [1.54, 1.807) is 0 Å². The molecule has 0 unspecified atom stereocenters. The van der Waals surface area contributed by atoms with E-state index in [2.05, 4.69) is 90.2 Å². The van der Waals surface area contributed by atoms with Crippen LogP contribution in [0.25, 0.3) is 0 Å². The Morgan fingerprint density at radius 1 is 0.800 bits per heavy atom. The molecule has 3 aromatic rings. The van der Waals surface area contributed by atoms with Crippen LogP contribution in [0.5, 0.6) is 0 Å². The molecule has 2 atom stereocenters. The average molecular weight is 395 g/mol. The number of hydrogen-bond donors (Lipinski definition) is 1. The van der Waals surface area contributed by atoms with Crippen LogP contribution in [-0.4, -0.2) is 12.6 Å². The second-order valence-corrected chi connectivity index (χ2v) is 8.40. The Balaban J connectivity index is 1.54. The molecule has 0 radical (unpaired) electrons. The third-order valence-corrected chi connectivity index (χ3v) is 6.61. The van der Waals surface area contributed by atoms with Crippen molar-refractivity contribution in [2.45, 2.75) is 43.6 Å². The Bertz CT molecular complexity index is 905. The second-order valence-electron chi connectivity index (χ2n) is 8.40. The van der Waals surface area contributed by atoms with Gasteiger partial charge in [0.05, 0.1) is 6.07 Å². The standard InChI is InChI=1S/C28H30N2/c29-22-28(24-13-6-2-7-14-24,25-15-8-3-9-16-25)26-17-10-18-27(21-26)30-20-19-23-11-4-1-5-12-23/h1-9,11-16,26-27,30H,10,17-21H2/t26-,27+/m0/s1. The summed E-state index contributed by atoms with van der Waals surface area (Å²) in [6, 6.07) is 34.7. The zero-order valence-corrected chi connectivity index (χ0v) is 17.5. The molecule has 1 aliphatic carbocycles. The summed E-state index contributed by atoms with van der Waals surface area (Å²) in [5, 5.41) is 14.4. The van der Waals surface area contributed by atoms with E-state index in [-0.39, 0.29) is 0 Å². The van der Waals surface area contributed by atoms with E-state index >= 15 is 0 Å². The monoisotopic (exact) mass is 394 g/mol. The van der Waals surface area contributed by atoms with Crippen LogP contribution in [0.4, 0.5) is 0 Å². The molecule has 2 heteroatoms. The molecule has 30 heavy (non-hydrogen) atoms. The van der Waals surface area contributed by atoms with Crippen LogP contribution in [-0.2, 0) is 11.8 Å². The zero-order valence-electron chi connectivity index (χ0n) is 17.5. The molecule has 0 spiro atoms. The first-order valence-corrected chi connectivity index (χ1v) is 11.1. The van der Waals surface area contributed by atoms with Gasteiger partial charge in [-0.1, -0.05) is 97.4 Å². The van der Waals surface area contributed by atoms with Gasteiger partial charge in [0, 0.05) is 6.04 Å². The number of nitrogens with one attached hydrogen (secondary N) is 1. The molecular formula is C28H30N2. The second kappa shape index (κ2) is 9.74. The molecule has 152 valence electrons. The number of nitriles is 1. The van der Waals surface area contributed by atoms with Crippen molar-refractivity contribution in [1.29, 1.82) is 5.26 Å². The summed E-state index contributed by atoms with van der Waals surface area (Å²) in [6.07, 6.45) is 5.52. The quantitative estimate of drug-likeness (QED) is 0.542. The van der Waals surface area contributed by atoms with Crippen molar-refractivity contribution >= 4 is 0 Å². The molecule has 0 aromatic heterocycles. The molecule has 1 N–H and O–H groups in total. The first-order chi connectivity index (χ1) is 14.8. The highest BCUT2D eigenvalue weighted by Crippen LogP contribution is 2.45. The van der Waals surface area contributed by atoms with Crippen molar-refractivity contribution in [2.24, 2.45) is 5.92 Å². The smallest absolute Gasteiger partial charge is 0.110 e. The van der Waals surface area contributed by atoms with Gasteiger partial charge in [-0.2, -0.15) is 5.26 Å². The molecule has 0 amide bonds. The summed E-state index contributed by atoms with van der Waals surface area (Å²) < 4.78 is 0. The van der Waals surface area contributed by atoms with Crippen molar-refractivity contribution < 1.29 is 0 Å². The Kier molecular flexibility index (Phi) is 6.62. The summed E-state index contributed by atoms with van der Waals surface area (Å²) >= 11 is 0. The van der Waals surface area contributed by atoms with Gasteiger partial charge in [-0.05, 0) is 54.8 Å². The van der Waals surface area contributed by atoms with Gasteiger partial charge in [-0.25, -0.2) is 0 Å².